The molecule has 1 aromatic heterocycles. The number of benzene rings is 2. The van der Waals surface area contributed by atoms with Gasteiger partial charge in [-0.25, -0.2) is 0 Å². The molecule has 3 aromatic rings. The summed E-state index contributed by atoms with van der Waals surface area (Å²) in [6, 6.07) is 16.5. The van der Waals surface area contributed by atoms with Crippen molar-refractivity contribution in [3.63, 3.8) is 0 Å². The van der Waals surface area contributed by atoms with Crippen molar-refractivity contribution in [1.29, 1.82) is 0 Å². The van der Waals surface area contributed by atoms with Gasteiger partial charge in [-0.05, 0) is 19.4 Å². The number of nitrogens with zero attached hydrogens (tertiary/aromatic N) is 4. The Morgan fingerprint density at radius 3 is 2.65 bits per heavy atom. The summed E-state index contributed by atoms with van der Waals surface area (Å²) in [5.74, 6) is 0. The quantitative estimate of drug-likeness (QED) is 0.380. The van der Waals surface area contributed by atoms with Gasteiger partial charge in [0.25, 0.3) is 5.69 Å². The summed E-state index contributed by atoms with van der Waals surface area (Å²) in [7, 11) is 0. The Hall–Kier alpha value is -3.06. The molecule has 0 aliphatic rings. The maximum atomic E-state index is 11.0. The number of hydrogen-bond donors (Lipinski definition) is 0. The lowest BCUT2D eigenvalue weighted by Gasteiger charge is -2.05. The molecule has 132 valence electrons. The van der Waals surface area contributed by atoms with Crippen LogP contribution in [0.4, 0.5) is 5.69 Å². The Kier molecular flexibility index (Phi) is 5.38. The minimum atomic E-state index is -0.384. The van der Waals surface area contributed by atoms with E-state index in [1.807, 2.05) is 60.2 Å². The lowest BCUT2D eigenvalue weighted by molar-refractivity contribution is -0.384. The number of hydrogen-bond acceptors (Lipinski definition) is 5. The van der Waals surface area contributed by atoms with E-state index in [1.165, 1.54) is 17.4 Å². The SMILES string of the molecule is CCn1c(-c2cccc([N+](=O)[O-])c2)cs/c1=N\N=C(\C)c1ccccc1. The molecule has 7 heteroatoms. The van der Waals surface area contributed by atoms with Gasteiger partial charge in [0.05, 0.1) is 16.3 Å². The number of rotatable bonds is 5. The van der Waals surface area contributed by atoms with Gasteiger partial charge in [0, 0.05) is 29.6 Å². The van der Waals surface area contributed by atoms with Crippen LogP contribution in [-0.4, -0.2) is 15.2 Å². The molecule has 3 rings (SSSR count). The molecule has 0 amide bonds. The second kappa shape index (κ2) is 7.88. The van der Waals surface area contributed by atoms with Crippen LogP contribution in [0.2, 0.25) is 0 Å². The van der Waals surface area contributed by atoms with Crippen molar-refractivity contribution in [3.05, 3.63) is 80.5 Å². The van der Waals surface area contributed by atoms with Gasteiger partial charge in [-0.3, -0.25) is 10.1 Å². The predicted molar refractivity (Wildman–Crippen MR) is 104 cm³/mol. The van der Waals surface area contributed by atoms with Gasteiger partial charge in [0.2, 0.25) is 4.80 Å². The zero-order valence-corrected chi connectivity index (χ0v) is 15.3. The van der Waals surface area contributed by atoms with E-state index >= 15 is 0 Å². The van der Waals surface area contributed by atoms with Crippen LogP contribution in [0.1, 0.15) is 19.4 Å². The van der Waals surface area contributed by atoms with Crippen LogP contribution in [0, 0.1) is 10.1 Å². The van der Waals surface area contributed by atoms with Crippen LogP contribution in [-0.2, 0) is 6.54 Å². The van der Waals surface area contributed by atoms with Gasteiger partial charge in [0.15, 0.2) is 0 Å². The summed E-state index contributed by atoms with van der Waals surface area (Å²) < 4.78 is 2.01. The Morgan fingerprint density at radius 2 is 1.96 bits per heavy atom. The average molecular weight is 366 g/mol. The second-order valence-electron chi connectivity index (χ2n) is 5.61. The van der Waals surface area contributed by atoms with Gasteiger partial charge in [0.1, 0.15) is 0 Å². The van der Waals surface area contributed by atoms with Crippen LogP contribution < -0.4 is 4.80 Å². The number of nitro benzene ring substituents is 1. The van der Waals surface area contributed by atoms with Crippen LogP contribution in [0.3, 0.4) is 0 Å². The average Bonchev–Trinajstić information content (AvgIpc) is 3.09. The molecule has 0 spiro atoms. The van der Waals surface area contributed by atoms with E-state index in [9.17, 15) is 10.1 Å². The smallest absolute Gasteiger partial charge is 0.270 e. The highest BCUT2D eigenvalue weighted by atomic mass is 32.1. The summed E-state index contributed by atoms with van der Waals surface area (Å²) in [5, 5.41) is 21.7. The van der Waals surface area contributed by atoms with Gasteiger partial charge in [-0.2, -0.15) is 5.10 Å². The third-order valence-corrected chi connectivity index (χ3v) is 4.80. The lowest BCUT2D eigenvalue weighted by atomic mass is 10.1. The van der Waals surface area contributed by atoms with Crippen molar-refractivity contribution < 1.29 is 4.92 Å². The highest BCUT2D eigenvalue weighted by Gasteiger charge is 2.11. The third-order valence-electron chi connectivity index (χ3n) is 3.94. The number of aromatic nitrogens is 1. The minimum Gasteiger partial charge on any atom is -0.315 e. The Morgan fingerprint density at radius 1 is 1.19 bits per heavy atom. The summed E-state index contributed by atoms with van der Waals surface area (Å²) in [6.07, 6.45) is 0. The first kappa shape index (κ1) is 17.8. The number of non-ortho nitro benzene ring substituents is 1. The summed E-state index contributed by atoms with van der Waals surface area (Å²) in [6.45, 7) is 4.63. The van der Waals surface area contributed by atoms with E-state index in [1.54, 1.807) is 12.1 Å². The fourth-order valence-electron chi connectivity index (χ4n) is 2.58. The molecule has 0 N–H and O–H groups in total. The van der Waals surface area contributed by atoms with Crippen molar-refractivity contribution >= 4 is 22.7 Å². The zero-order valence-electron chi connectivity index (χ0n) is 14.5. The zero-order chi connectivity index (χ0) is 18.5. The molecule has 0 radical (unpaired) electrons. The summed E-state index contributed by atoms with van der Waals surface area (Å²) in [4.78, 5) is 11.4. The van der Waals surface area contributed by atoms with Crippen LogP contribution in [0.25, 0.3) is 11.3 Å². The van der Waals surface area contributed by atoms with E-state index in [0.717, 1.165) is 27.3 Å². The minimum absolute atomic E-state index is 0.0767. The monoisotopic (exact) mass is 366 g/mol. The molecule has 2 aromatic carbocycles. The fourth-order valence-corrected chi connectivity index (χ4v) is 3.50. The molecule has 0 fully saturated rings. The molecule has 0 saturated carbocycles. The molecule has 6 nitrogen and oxygen atoms in total. The van der Waals surface area contributed by atoms with Crippen LogP contribution in [0.5, 0.6) is 0 Å². The molecule has 0 aliphatic heterocycles. The van der Waals surface area contributed by atoms with Crippen LogP contribution >= 0.6 is 11.3 Å². The second-order valence-corrected chi connectivity index (χ2v) is 6.44. The Balaban J connectivity index is 2.01. The Bertz CT molecular complexity index is 1020. The molecule has 0 atom stereocenters. The molecular weight excluding hydrogens is 348 g/mol. The van der Waals surface area contributed by atoms with E-state index in [-0.39, 0.29) is 10.6 Å². The molecule has 0 saturated heterocycles. The Labute approximate surface area is 154 Å². The van der Waals surface area contributed by atoms with Crippen molar-refractivity contribution in [2.75, 3.05) is 0 Å². The normalized spacial score (nSPS) is 12.4. The molecule has 0 unspecified atom stereocenters. The van der Waals surface area contributed by atoms with Gasteiger partial charge >= 0.3 is 0 Å². The van der Waals surface area contributed by atoms with Crippen molar-refractivity contribution in [3.8, 4) is 11.3 Å². The largest absolute Gasteiger partial charge is 0.315 e. The number of nitro groups is 1. The van der Waals surface area contributed by atoms with Gasteiger partial charge in [-0.15, -0.1) is 16.4 Å². The van der Waals surface area contributed by atoms with E-state index in [0.29, 0.717) is 6.54 Å². The van der Waals surface area contributed by atoms with Gasteiger partial charge < -0.3 is 4.57 Å². The topological polar surface area (TPSA) is 72.8 Å². The van der Waals surface area contributed by atoms with E-state index < -0.39 is 0 Å². The highest BCUT2D eigenvalue weighted by Crippen LogP contribution is 2.24. The molecular formula is C19H18N4O2S. The first-order valence-corrected chi connectivity index (χ1v) is 9.05. The maximum Gasteiger partial charge on any atom is 0.270 e. The first-order chi connectivity index (χ1) is 12.6. The van der Waals surface area contributed by atoms with Crippen molar-refractivity contribution in [2.45, 2.75) is 20.4 Å². The fraction of sp³-hybridized carbons (Fsp3) is 0.158. The molecule has 1 heterocycles. The standard InChI is InChI=1S/C19H18N4O2S/c1-3-22-18(16-10-7-11-17(12-16)23(24)25)13-26-19(22)21-20-14(2)15-8-5-4-6-9-15/h4-13H,3H2,1-2H3/b20-14-,21-19-. The van der Waals surface area contributed by atoms with Crippen LogP contribution in [0.15, 0.2) is 70.2 Å². The number of thiazole rings is 1. The van der Waals surface area contributed by atoms with Crippen molar-refractivity contribution in [1.82, 2.24) is 4.57 Å². The third kappa shape index (κ3) is 3.78. The summed E-state index contributed by atoms with van der Waals surface area (Å²) >= 11 is 1.47. The molecule has 26 heavy (non-hydrogen) atoms. The van der Waals surface area contributed by atoms with E-state index in [2.05, 4.69) is 10.2 Å². The lowest BCUT2D eigenvalue weighted by Crippen LogP contribution is -2.14. The van der Waals surface area contributed by atoms with Crippen molar-refractivity contribution in [2.24, 2.45) is 10.2 Å². The maximum absolute atomic E-state index is 11.0. The molecule has 0 aliphatic carbocycles. The molecule has 0 bridgehead atoms. The summed E-state index contributed by atoms with van der Waals surface area (Å²) in [5.41, 5.74) is 3.62. The van der Waals surface area contributed by atoms with Gasteiger partial charge in [-0.1, -0.05) is 42.5 Å². The predicted octanol–water partition coefficient (Wildman–Crippen LogP) is 4.47. The highest BCUT2D eigenvalue weighted by molar-refractivity contribution is 7.07. The van der Waals surface area contributed by atoms with E-state index in [4.69, 9.17) is 0 Å². The first-order valence-electron chi connectivity index (χ1n) is 8.17.